The van der Waals surface area contributed by atoms with Crippen molar-refractivity contribution in [3.63, 3.8) is 0 Å². The molecule has 0 aliphatic heterocycles. The minimum atomic E-state index is -4.97. The normalized spacial score (nSPS) is 15.9. The number of aryl methyl sites for hydroxylation is 1. The molecule has 6 heteroatoms. The van der Waals surface area contributed by atoms with Crippen LogP contribution in [-0.2, 0) is 9.53 Å². The van der Waals surface area contributed by atoms with Gasteiger partial charge in [0.2, 0.25) is 5.54 Å². The summed E-state index contributed by atoms with van der Waals surface area (Å²) >= 11 is 0. The predicted molar refractivity (Wildman–Crippen MR) is 73.7 cm³/mol. The van der Waals surface area contributed by atoms with Gasteiger partial charge in [-0.2, -0.15) is 13.2 Å². The average Bonchev–Trinajstić information content (AvgIpc) is 2.38. The SMILES string of the molecule is C=C[C@@H](c1cccc(C)c1)[C@@](N)(C(=O)OCC)C(F)(F)F. The number of carbonyl (C=O) groups excluding carboxylic acids is 1. The third-order valence-electron chi connectivity index (χ3n) is 3.21. The predicted octanol–water partition coefficient (Wildman–Crippen LogP) is 3.09. The monoisotopic (exact) mass is 301 g/mol. The Balaban J connectivity index is 3.42. The van der Waals surface area contributed by atoms with E-state index < -0.39 is 23.6 Å². The first kappa shape index (κ1) is 17.2. The Labute approximate surface area is 121 Å². The van der Waals surface area contributed by atoms with Crippen molar-refractivity contribution in [2.24, 2.45) is 5.73 Å². The summed E-state index contributed by atoms with van der Waals surface area (Å²) in [5.74, 6) is -2.94. The minimum Gasteiger partial charge on any atom is -0.464 e. The van der Waals surface area contributed by atoms with Crippen LogP contribution < -0.4 is 5.73 Å². The van der Waals surface area contributed by atoms with Gasteiger partial charge in [-0.1, -0.05) is 35.9 Å². The first-order valence-electron chi connectivity index (χ1n) is 6.40. The smallest absolute Gasteiger partial charge is 0.418 e. The van der Waals surface area contributed by atoms with E-state index >= 15 is 0 Å². The van der Waals surface area contributed by atoms with Gasteiger partial charge in [0.15, 0.2) is 0 Å². The lowest BCUT2D eigenvalue weighted by atomic mass is 9.78. The molecule has 0 amide bonds. The standard InChI is InChI=1S/C15H18F3NO2/c1-4-12(11-8-6-7-10(3)9-11)14(19,15(16,17)18)13(20)21-5-2/h4,6-9,12H,1,5,19H2,2-3H3/t12-,14+/m0/s1. The van der Waals surface area contributed by atoms with Gasteiger partial charge < -0.3 is 10.5 Å². The average molecular weight is 301 g/mol. The van der Waals surface area contributed by atoms with E-state index in [4.69, 9.17) is 5.73 Å². The van der Waals surface area contributed by atoms with E-state index in [1.165, 1.54) is 13.0 Å². The van der Waals surface area contributed by atoms with Crippen LogP contribution in [0.4, 0.5) is 13.2 Å². The third-order valence-corrected chi connectivity index (χ3v) is 3.21. The number of halogens is 3. The number of benzene rings is 1. The summed E-state index contributed by atoms with van der Waals surface area (Å²) in [5.41, 5.74) is 3.32. The van der Waals surface area contributed by atoms with Crippen LogP contribution in [0, 0.1) is 6.92 Å². The molecule has 2 atom stereocenters. The Hall–Kier alpha value is -1.82. The van der Waals surface area contributed by atoms with Crippen LogP contribution in [0.25, 0.3) is 0 Å². The molecule has 0 aromatic heterocycles. The van der Waals surface area contributed by atoms with Gasteiger partial charge in [-0.3, -0.25) is 0 Å². The molecule has 0 aliphatic rings. The Bertz CT molecular complexity index is 528. The summed E-state index contributed by atoms with van der Waals surface area (Å²) in [6.45, 7) is 6.37. The second-order valence-corrected chi connectivity index (χ2v) is 4.71. The minimum absolute atomic E-state index is 0.189. The molecule has 3 nitrogen and oxygen atoms in total. The summed E-state index contributed by atoms with van der Waals surface area (Å²) < 4.78 is 44.8. The van der Waals surface area contributed by atoms with E-state index in [1.54, 1.807) is 25.1 Å². The highest BCUT2D eigenvalue weighted by atomic mass is 19.4. The second-order valence-electron chi connectivity index (χ2n) is 4.71. The molecule has 21 heavy (non-hydrogen) atoms. The number of ether oxygens (including phenoxy) is 1. The highest BCUT2D eigenvalue weighted by Crippen LogP contribution is 2.41. The van der Waals surface area contributed by atoms with E-state index in [2.05, 4.69) is 11.3 Å². The molecule has 0 spiro atoms. The molecule has 0 radical (unpaired) electrons. The van der Waals surface area contributed by atoms with Crippen molar-refractivity contribution >= 4 is 5.97 Å². The van der Waals surface area contributed by atoms with E-state index in [0.717, 1.165) is 11.6 Å². The lowest BCUT2D eigenvalue weighted by molar-refractivity contribution is -0.208. The number of carbonyl (C=O) groups is 1. The van der Waals surface area contributed by atoms with Crippen LogP contribution in [0.2, 0.25) is 0 Å². The van der Waals surface area contributed by atoms with E-state index in [9.17, 15) is 18.0 Å². The summed E-state index contributed by atoms with van der Waals surface area (Å²) in [4.78, 5) is 11.9. The van der Waals surface area contributed by atoms with Crippen LogP contribution >= 0.6 is 0 Å². The topological polar surface area (TPSA) is 52.3 Å². The molecular formula is C15H18F3NO2. The maximum atomic E-state index is 13.4. The first-order chi connectivity index (χ1) is 9.68. The zero-order valence-electron chi connectivity index (χ0n) is 11.9. The molecule has 0 fully saturated rings. The molecule has 2 N–H and O–H groups in total. The molecule has 1 rings (SSSR count). The molecule has 0 saturated heterocycles. The Morgan fingerprint density at radius 1 is 1.48 bits per heavy atom. The van der Waals surface area contributed by atoms with Crippen molar-refractivity contribution in [3.8, 4) is 0 Å². The van der Waals surface area contributed by atoms with Crippen molar-refractivity contribution < 1.29 is 22.7 Å². The van der Waals surface area contributed by atoms with Crippen LogP contribution in [0.5, 0.6) is 0 Å². The number of hydrogen-bond donors (Lipinski definition) is 1. The molecule has 0 saturated carbocycles. The first-order valence-corrected chi connectivity index (χ1v) is 6.40. The lowest BCUT2D eigenvalue weighted by Gasteiger charge is -2.35. The van der Waals surface area contributed by atoms with Crippen molar-refractivity contribution in [2.75, 3.05) is 6.61 Å². The fourth-order valence-corrected chi connectivity index (χ4v) is 2.12. The number of esters is 1. The fraction of sp³-hybridized carbons (Fsp3) is 0.400. The van der Waals surface area contributed by atoms with Gasteiger partial charge in [0.25, 0.3) is 0 Å². The quantitative estimate of drug-likeness (QED) is 0.671. The van der Waals surface area contributed by atoms with Gasteiger partial charge in [-0.05, 0) is 19.4 Å². The van der Waals surface area contributed by atoms with Gasteiger partial charge in [-0.25, -0.2) is 4.79 Å². The zero-order chi connectivity index (χ0) is 16.3. The van der Waals surface area contributed by atoms with Crippen LogP contribution in [0.3, 0.4) is 0 Å². The molecule has 0 bridgehead atoms. The zero-order valence-corrected chi connectivity index (χ0v) is 11.9. The third kappa shape index (κ3) is 3.26. The maximum Gasteiger partial charge on any atom is 0.418 e. The van der Waals surface area contributed by atoms with Gasteiger partial charge in [-0.15, -0.1) is 6.58 Å². The second kappa shape index (κ2) is 6.30. The van der Waals surface area contributed by atoms with Crippen molar-refractivity contribution in [3.05, 3.63) is 48.0 Å². The van der Waals surface area contributed by atoms with E-state index in [0.29, 0.717) is 0 Å². The Morgan fingerprint density at radius 3 is 2.52 bits per heavy atom. The van der Waals surface area contributed by atoms with Crippen molar-refractivity contribution in [2.45, 2.75) is 31.5 Å². The van der Waals surface area contributed by atoms with Gasteiger partial charge in [0, 0.05) is 5.92 Å². The summed E-state index contributed by atoms with van der Waals surface area (Å²) in [7, 11) is 0. The Morgan fingerprint density at radius 2 is 2.10 bits per heavy atom. The Kier molecular flexibility index (Phi) is 5.17. The molecule has 0 aliphatic carbocycles. The lowest BCUT2D eigenvalue weighted by Crippen LogP contribution is -2.63. The van der Waals surface area contributed by atoms with Gasteiger partial charge in [0.1, 0.15) is 0 Å². The maximum absolute atomic E-state index is 13.4. The number of alkyl halides is 3. The number of rotatable bonds is 5. The molecule has 1 aromatic carbocycles. The molecule has 116 valence electrons. The molecule has 0 heterocycles. The number of nitrogens with two attached hydrogens (primary N) is 1. The van der Waals surface area contributed by atoms with Crippen LogP contribution in [-0.4, -0.2) is 24.3 Å². The van der Waals surface area contributed by atoms with E-state index in [-0.39, 0.29) is 12.2 Å². The molecular weight excluding hydrogens is 283 g/mol. The van der Waals surface area contributed by atoms with Crippen LogP contribution in [0.1, 0.15) is 24.0 Å². The van der Waals surface area contributed by atoms with Gasteiger partial charge in [0.05, 0.1) is 6.61 Å². The molecule has 0 unspecified atom stereocenters. The van der Waals surface area contributed by atoms with Crippen LogP contribution in [0.15, 0.2) is 36.9 Å². The van der Waals surface area contributed by atoms with Crippen molar-refractivity contribution in [1.82, 2.24) is 0 Å². The molecule has 1 aromatic rings. The summed E-state index contributed by atoms with van der Waals surface area (Å²) in [6, 6.07) is 6.35. The highest BCUT2D eigenvalue weighted by molar-refractivity contribution is 5.84. The largest absolute Gasteiger partial charge is 0.464 e. The summed E-state index contributed by atoms with van der Waals surface area (Å²) in [5, 5.41) is 0. The summed E-state index contributed by atoms with van der Waals surface area (Å²) in [6.07, 6.45) is -3.94. The van der Waals surface area contributed by atoms with E-state index in [1.807, 2.05) is 0 Å². The fourth-order valence-electron chi connectivity index (χ4n) is 2.12. The van der Waals surface area contributed by atoms with Gasteiger partial charge >= 0.3 is 12.1 Å². The van der Waals surface area contributed by atoms with Crippen molar-refractivity contribution in [1.29, 1.82) is 0 Å². The number of hydrogen-bond acceptors (Lipinski definition) is 3. The highest BCUT2D eigenvalue weighted by Gasteiger charge is 2.63.